The first-order valence-electron chi connectivity index (χ1n) is 17.6. The monoisotopic (exact) mass is 725 g/mol. The molecule has 4 aliphatic rings. The standard InChI is InChI=1S/C37H47N3O8S2/c1-2-46-34-13-8-27(26-6-9-28(10-7-26)37(38)14-15-37)20-35(34)50(44,45)40-18-16-36(17-19-40)22-29(24-48-36)39-23-30(41)25-47-31-4-3-5-33(21-31)49(42,43)32-11-12-32/h3-10,13,20-21,29-30,32,39,41H,2,11-12,14-19,22-25,38H2,1H3/t29-,30?/m0/s1. The van der Waals surface area contributed by atoms with Crippen LogP contribution in [-0.4, -0.2) is 88.7 Å². The molecule has 4 fully saturated rings. The second-order valence-corrected chi connectivity index (χ2v) is 18.4. The summed E-state index contributed by atoms with van der Waals surface area (Å²) in [4.78, 5) is 0.411. The average molecular weight is 726 g/mol. The summed E-state index contributed by atoms with van der Waals surface area (Å²) in [5.41, 5.74) is 8.50. The van der Waals surface area contributed by atoms with Crippen LogP contribution >= 0.6 is 0 Å². The molecule has 1 spiro atoms. The number of rotatable bonds is 14. The average Bonchev–Trinajstić information content (AvgIpc) is 4.06. The van der Waals surface area contributed by atoms with E-state index in [4.69, 9.17) is 19.9 Å². The summed E-state index contributed by atoms with van der Waals surface area (Å²) in [6.07, 6.45) is 4.34. The molecule has 0 amide bonds. The van der Waals surface area contributed by atoms with Gasteiger partial charge >= 0.3 is 0 Å². The number of benzene rings is 3. The summed E-state index contributed by atoms with van der Waals surface area (Å²) in [6, 6.07) is 19.8. The van der Waals surface area contributed by atoms with Gasteiger partial charge in [-0.05, 0) is 98.9 Å². The lowest BCUT2D eigenvalue weighted by Gasteiger charge is -2.38. The van der Waals surface area contributed by atoms with E-state index in [0.717, 1.165) is 29.5 Å². The molecule has 0 bridgehead atoms. The Bertz CT molecular complexity index is 1900. The van der Waals surface area contributed by atoms with Crippen molar-refractivity contribution in [3.05, 3.63) is 72.3 Å². The van der Waals surface area contributed by atoms with Gasteiger partial charge in [0.1, 0.15) is 29.1 Å². The SMILES string of the molecule is CCOc1ccc(-c2ccc(C3(N)CC3)cc2)cc1S(=O)(=O)N1CCC2(CC1)C[C@H](NCC(O)COc1cccc(S(=O)(=O)C3CC3)c1)CO2. The van der Waals surface area contributed by atoms with Crippen molar-refractivity contribution in [2.45, 2.75) is 90.2 Å². The molecule has 270 valence electrons. The Labute approximate surface area is 295 Å². The third-order valence-corrected chi connectivity index (χ3v) is 14.6. The molecular formula is C37H47N3O8S2. The number of hydrogen-bond acceptors (Lipinski definition) is 10. The van der Waals surface area contributed by atoms with Gasteiger partial charge < -0.3 is 30.4 Å². The normalized spacial score (nSPS) is 22.3. The highest BCUT2D eigenvalue weighted by molar-refractivity contribution is 7.92. The van der Waals surface area contributed by atoms with Crippen LogP contribution < -0.4 is 20.5 Å². The Morgan fingerprint density at radius 3 is 2.36 bits per heavy atom. The highest BCUT2D eigenvalue weighted by Crippen LogP contribution is 2.43. The Morgan fingerprint density at radius 2 is 1.68 bits per heavy atom. The van der Waals surface area contributed by atoms with Crippen LogP contribution in [0.3, 0.4) is 0 Å². The minimum atomic E-state index is -3.85. The molecule has 2 saturated heterocycles. The van der Waals surface area contributed by atoms with Gasteiger partial charge in [0.25, 0.3) is 0 Å². The van der Waals surface area contributed by atoms with Crippen molar-refractivity contribution in [1.82, 2.24) is 9.62 Å². The number of nitrogens with two attached hydrogens (primary N) is 1. The van der Waals surface area contributed by atoms with E-state index >= 15 is 0 Å². The number of sulfonamides is 1. The minimum absolute atomic E-state index is 0.00140. The molecule has 0 radical (unpaired) electrons. The van der Waals surface area contributed by atoms with Crippen molar-refractivity contribution in [3.63, 3.8) is 0 Å². The van der Waals surface area contributed by atoms with Crippen LogP contribution in [0.5, 0.6) is 11.5 Å². The fourth-order valence-corrected chi connectivity index (χ4v) is 10.3. The number of nitrogens with one attached hydrogen (secondary N) is 1. The number of hydrogen-bond donors (Lipinski definition) is 3. The molecule has 2 aliphatic heterocycles. The Morgan fingerprint density at radius 1 is 0.960 bits per heavy atom. The number of piperidine rings is 1. The van der Waals surface area contributed by atoms with Crippen molar-refractivity contribution < 1.29 is 36.2 Å². The lowest BCUT2D eigenvalue weighted by atomic mass is 9.88. The Balaban J connectivity index is 0.926. The molecule has 50 heavy (non-hydrogen) atoms. The van der Waals surface area contributed by atoms with Crippen LogP contribution in [0.25, 0.3) is 11.1 Å². The van der Waals surface area contributed by atoms with E-state index in [2.05, 4.69) is 5.32 Å². The first-order valence-corrected chi connectivity index (χ1v) is 20.6. The molecule has 3 aromatic carbocycles. The quantitative estimate of drug-likeness (QED) is 0.222. The topological polar surface area (TPSA) is 157 Å². The third kappa shape index (κ3) is 7.45. The minimum Gasteiger partial charge on any atom is -0.492 e. The van der Waals surface area contributed by atoms with Crippen molar-refractivity contribution in [1.29, 1.82) is 0 Å². The van der Waals surface area contributed by atoms with Gasteiger partial charge in [0, 0.05) is 31.2 Å². The van der Waals surface area contributed by atoms with Gasteiger partial charge in [-0.3, -0.25) is 0 Å². The summed E-state index contributed by atoms with van der Waals surface area (Å²) < 4.78 is 72.6. The van der Waals surface area contributed by atoms with Gasteiger partial charge in [-0.25, -0.2) is 16.8 Å². The van der Waals surface area contributed by atoms with E-state index < -0.39 is 31.6 Å². The third-order valence-electron chi connectivity index (χ3n) is 10.5. The molecule has 0 aromatic heterocycles. The lowest BCUT2D eigenvalue weighted by Crippen LogP contribution is -2.47. The summed E-state index contributed by atoms with van der Waals surface area (Å²) in [7, 11) is -7.17. The van der Waals surface area contributed by atoms with Crippen LogP contribution in [0.2, 0.25) is 0 Å². The molecule has 11 nitrogen and oxygen atoms in total. The van der Waals surface area contributed by atoms with Crippen molar-refractivity contribution in [3.8, 4) is 22.6 Å². The van der Waals surface area contributed by atoms with Crippen LogP contribution in [0, 0.1) is 0 Å². The van der Waals surface area contributed by atoms with Crippen molar-refractivity contribution >= 4 is 19.9 Å². The smallest absolute Gasteiger partial charge is 0.246 e. The van der Waals surface area contributed by atoms with E-state index in [1.165, 1.54) is 10.4 Å². The number of ether oxygens (including phenoxy) is 3. The fraction of sp³-hybridized carbons (Fsp3) is 0.514. The van der Waals surface area contributed by atoms with Crippen LogP contribution in [0.15, 0.2) is 76.5 Å². The van der Waals surface area contributed by atoms with E-state index in [0.29, 0.717) is 69.9 Å². The number of sulfone groups is 1. The second kappa shape index (κ2) is 13.8. The molecule has 2 atom stereocenters. The largest absolute Gasteiger partial charge is 0.492 e. The molecule has 13 heteroatoms. The van der Waals surface area contributed by atoms with Crippen LogP contribution in [0.1, 0.15) is 57.4 Å². The summed E-state index contributed by atoms with van der Waals surface area (Å²) >= 11 is 0. The van der Waals surface area contributed by atoms with E-state index in [1.807, 2.05) is 37.3 Å². The maximum absolute atomic E-state index is 14.1. The highest BCUT2D eigenvalue weighted by atomic mass is 32.2. The first kappa shape index (κ1) is 35.4. The van der Waals surface area contributed by atoms with Gasteiger partial charge in [-0.2, -0.15) is 4.31 Å². The summed E-state index contributed by atoms with van der Waals surface area (Å²) in [6.45, 7) is 3.58. The van der Waals surface area contributed by atoms with E-state index in [1.54, 1.807) is 30.3 Å². The molecule has 2 saturated carbocycles. The van der Waals surface area contributed by atoms with Crippen molar-refractivity contribution in [2.24, 2.45) is 5.73 Å². The molecule has 3 aromatic rings. The summed E-state index contributed by atoms with van der Waals surface area (Å²) in [5.74, 6) is 0.746. The molecule has 1 unspecified atom stereocenters. The Hall–Kier alpha value is -3.04. The van der Waals surface area contributed by atoms with E-state index in [-0.39, 0.29) is 39.8 Å². The zero-order chi connectivity index (χ0) is 35.1. The Kier molecular flexibility index (Phi) is 9.78. The highest BCUT2D eigenvalue weighted by Gasteiger charge is 2.45. The van der Waals surface area contributed by atoms with Gasteiger partial charge in [-0.1, -0.05) is 36.4 Å². The number of aliphatic hydroxyl groups is 1. The van der Waals surface area contributed by atoms with Gasteiger partial charge in [-0.15, -0.1) is 0 Å². The molecule has 4 N–H and O–H groups in total. The van der Waals surface area contributed by atoms with Crippen molar-refractivity contribution in [2.75, 3.05) is 39.5 Å². The maximum Gasteiger partial charge on any atom is 0.246 e. The van der Waals surface area contributed by atoms with Gasteiger partial charge in [0.2, 0.25) is 10.0 Å². The van der Waals surface area contributed by atoms with Gasteiger partial charge in [0.15, 0.2) is 9.84 Å². The summed E-state index contributed by atoms with van der Waals surface area (Å²) in [5, 5.41) is 13.7. The first-order chi connectivity index (χ1) is 23.9. The zero-order valence-electron chi connectivity index (χ0n) is 28.4. The second-order valence-electron chi connectivity index (χ2n) is 14.2. The molecule has 2 heterocycles. The molecule has 2 aliphatic carbocycles. The maximum atomic E-state index is 14.1. The van der Waals surface area contributed by atoms with Crippen LogP contribution in [0.4, 0.5) is 0 Å². The van der Waals surface area contributed by atoms with Crippen LogP contribution in [-0.2, 0) is 30.1 Å². The number of nitrogens with zero attached hydrogens (tertiary/aromatic N) is 1. The fourth-order valence-electron chi connectivity index (χ4n) is 7.04. The number of aliphatic hydroxyl groups excluding tert-OH is 1. The van der Waals surface area contributed by atoms with E-state index in [9.17, 15) is 21.9 Å². The predicted octanol–water partition coefficient (Wildman–Crippen LogP) is 3.98. The predicted molar refractivity (Wildman–Crippen MR) is 189 cm³/mol. The molecular weight excluding hydrogens is 679 g/mol. The zero-order valence-corrected chi connectivity index (χ0v) is 30.1. The molecule has 7 rings (SSSR count). The lowest BCUT2D eigenvalue weighted by molar-refractivity contribution is -0.0312. The van der Waals surface area contributed by atoms with Gasteiger partial charge in [0.05, 0.1) is 29.0 Å².